The number of hydrogen-bond acceptors (Lipinski definition) is 2. The highest BCUT2D eigenvalue weighted by Gasteiger charge is 2.48. The lowest BCUT2D eigenvalue weighted by molar-refractivity contribution is 0.332. The molecule has 0 radical (unpaired) electrons. The van der Waals surface area contributed by atoms with Gasteiger partial charge in [-0.25, -0.2) is 0 Å². The van der Waals surface area contributed by atoms with Gasteiger partial charge in [-0.2, -0.15) is 0 Å². The molecule has 0 fully saturated rings. The van der Waals surface area contributed by atoms with Crippen LogP contribution in [-0.4, -0.2) is 11.3 Å². The van der Waals surface area contributed by atoms with Crippen LogP contribution in [-0.2, 0) is 16.2 Å². The predicted octanol–water partition coefficient (Wildman–Crippen LogP) is 15.4. The molecule has 65 heavy (non-hydrogen) atoms. The molecule has 4 heterocycles. The summed E-state index contributed by atoms with van der Waals surface area (Å²) in [5.41, 5.74) is 22.1. The maximum Gasteiger partial charge on any atom is 0.375 e. The van der Waals surface area contributed by atoms with Crippen LogP contribution in [0.1, 0.15) is 83.6 Å². The van der Waals surface area contributed by atoms with Gasteiger partial charge in [-0.15, -0.1) is 0 Å². The molecule has 0 saturated carbocycles. The summed E-state index contributed by atoms with van der Waals surface area (Å²) in [6.45, 7) is 18.7. The zero-order valence-electron chi connectivity index (χ0n) is 38.7. The molecule has 13 rings (SSSR count). The second kappa shape index (κ2) is 13.2. The van der Waals surface area contributed by atoms with E-state index in [2.05, 4.69) is 216 Å². The molecule has 3 aliphatic rings. The second-order valence-corrected chi connectivity index (χ2v) is 21.6. The van der Waals surface area contributed by atoms with Crippen molar-refractivity contribution in [3.05, 3.63) is 174 Å². The van der Waals surface area contributed by atoms with Crippen molar-refractivity contribution in [3.8, 4) is 33.4 Å². The lowest BCUT2D eigenvalue weighted by atomic mass is 9.47. The Morgan fingerprint density at radius 3 is 2.00 bits per heavy atom. The zero-order chi connectivity index (χ0) is 44.3. The molecule has 0 N–H and O–H groups in total. The Morgan fingerprint density at radius 1 is 0.554 bits per heavy atom. The maximum absolute atomic E-state index is 7.67. The third-order valence-electron chi connectivity index (χ3n) is 15.7. The average molecular weight is 841 g/mol. The number of hydrogen-bond donors (Lipinski definition) is 0. The van der Waals surface area contributed by atoms with Crippen LogP contribution in [0.2, 0.25) is 0 Å². The first kappa shape index (κ1) is 38.7. The molecule has 0 amide bonds. The fourth-order valence-electron chi connectivity index (χ4n) is 12.0. The van der Waals surface area contributed by atoms with Gasteiger partial charge in [0, 0.05) is 44.0 Å². The third kappa shape index (κ3) is 5.43. The minimum absolute atomic E-state index is 0.0168. The molecule has 0 spiro atoms. The highest BCUT2D eigenvalue weighted by molar-refractivity contribution is 6.89. The molecule has 0 bridgehead atoms. The standard InChI is InChI=1S/C61H53BN2O/c1-36-17-12-15-22-42(36)40-30-47-44-24-16-23-43-46-29-38-20-13-14-21-39(38)31-52(46)64(56(43)44)62-55(47)53(32-40)63(51-26-25-41(59(2,3)4)33-45(51)37-18-10-9-11-19-37)57-48-34-49-50(35-54(48)65-58(57)62)61(7,8)28-27-60(49,5)6/h9-26,29-35H,27-28H2,1-8H3. The number of furan rings is 1. The van der Waals surface area contributed by atoms with E-state index in [1.165, 1.54) is 105 Å². The van der Waals surface area contributed by atoms with Crippen molar-refractivity contribution >= 4 is 78.6 Å². The highest BCUT2D eigenvalue weighted by atomic mass is 16.3. The van der Waals surface area contributed by atoms with Gasteiger partial charge in [0.25, 0.3) is 0 Å². The van der Waals surface area contributed by atoms with Crippen LogP contribution >= 0.6 is 0 Å². The minimum atomic E-state index is -0.215. The quantitative estimate of drug-likeness (QED) is 0.165. The van der Waals surface area contributed by atoms with Gasteiger partial charge in [-0.05, 0) is 145 Å². The Morgan fingerprint density at radius 2 is 1.25 bits per heavy atom. The van der Waals surface area contributed by atoms with Gasteiger partial charge in [0.15, 0.2) is 0 Å². The van der Waals surface area contributed by atoms with E-state index in [-0.39, 0.29) is 23.1 Å². The fraction of sp³-hybridized carbons (Fsp3) is 0.213. The fourth-order valence-corrected chi connectivity index (χ4v) is 12.0. The van der Waals surface area contributed by atoms with Gasteiger partial charge >= 0.3 is 6.85 Å². The van der Waals surface area contributed by atoms with E-state index in [1.807, 2.05) is 0 Å². The number of para-hydroxylation sites is 1. The van der Waals surface area contributed by atoms with Crippen molar-refractivity contribution in [2.24, 2.45) is 0 Å². The van der Waals surface area contributed by atoms with Gasteiger partial charge < -0.3 is 13.8 Å². The van der Waals surface area contributed by atoms with Crippen LogP contribution in [0.5, 0.6) is 0 Å². The van der Waals surface area contributed by atoms with Crippen molar-refractivity contribution in [2.45, 2.75) is 84.5 Å². The van der Waals surface area contributed by atoms with Crippen molar-refractivity contribution < 1.29 is 4.42 Å². The molecule has 8 aromatic carbocycles. The molecule has 2 aromatic heterocycles. The molecule has 0 saturated heterocycles. The SMILES string of the molecule is Cc1ccccc1-c1cc2c3c(c1)N(c1ccc(C(C)(C)C)cc1-c1ccccc1)c1c(oc4cc5c(cc14)C(C)(C)CCC5(C)C)B3n1c3cc4ccccc4cc3c3cccc-2c31. The molecular formula is C61H53BN2O. The Bertz CT molecular complexity index is 3670. The number of benzene rings is 8. The van der Waals surface area contributed by atoms with Gasteiger partial charge in [-0.3, -0.25) is 0 Å². The molecule has 3 nitrogen and oxygen atoms in total. The lowest BCUT2D eigenvalue weighted by Crippen LogP contribution is -2.56. The number of aromatic nitrogens is 1. The first-order valence-corrected chi connectivity index (χ1v) is 23.6. The van der Waals surface area contributed by atoms with Crippen molar-refractivity contribution in [3.63, 3.8) is 0 Å². The number of anilines is 3. The molecular weight excluding hydrogens is 787 g/mol. The summed E-state index contributed by atoms with van der Waals surface area (Å²) in [4.78, 5) is 2.62. The van der Waals surface area contributed by atoms with Crippen molar-refractivity contribution in [1.29, 1.82) is 0 Å². The summed E-state index contributed by atoms with van der Waals surface area (Å²) in [6, 6.07) is 57.7. The van der Waals surface area contributed by atoms with Crippen molar-refractivity contribution in [1.82, 2.24) is 4.48 Å². The van der Waals surface area contributed by atoms with Crippen LogP contribution in [0, 0.1) is 6.92 Å². The van der Waals surface area contributed by atoms with Crippen molar-refractivity contribution in [2.75, 3.05) is 4.90 Å². The number of rotatable bonds is 3. The Hall–Kier alpha value is -6.78. The van der Waals surface area contributed by atoms with E-state index in [9.17, 15) is 0 Å². The van der Waals surface area contributed by atoms with Crippen LogP contribution in [0.15, 0.2) is 156 Å². The minimum Gasteiger partial charge on any atom is -0.466 e. The summed E-state index contributed by atoms with van der Waals surface area (Å²) >= 11 is 0. The largest absolute Gasteiger partial charge is 0.466 e. The summed E-state index contributed by atoms with van der Waals surface area (Å²) in [7, 11) is 0. The van der Waals surface area contributed by atoms with E-state index >= 15 is 0 Å². The van der Waals surface area contributed by atoms with E-state index in [0.29, 0.717) is 0 Å². The van der Waals surface area contributed by atoms with Crippen LogP contribution < -0.4 is 16.0 Å². The van der Waals surface area contributed by atoms with Crippen LogP contribution in [0.4, 0.5) is 17.1 Å². The Kier molecular flexibility index (Phi) is 7.83. The van der Waals surface area contributed by atoms with E-state index in [0.717, 1.165) is 35.5 Å². The van der Waals surface area contributed by atoms with Gasteiger partial charge in [0.05, 0.1) is 11.4 Å². The smallest absolute Gasteiger partial charge is 0.375 e. The summed E-state index contributed by atoms with van der Waals surface area (Å²) < 4.78 is 10.3. The molecule has 2 aliphatic heterocycles. The number of nitrogens with zero attached hydrogens (tertiary/aromatic N) is 2. The highest BCUT2D eigenvalue weighted by Crippen LogP contribution is 2.54. The van der Waals surface area contributed by atoms with Gasteiger partial charge in [-0.1, -0.05) is 152 Å². The van der Waals surface area contributed by atoms with E-state index in [1.54, 1.807) is 0 Å². The average Bonchev–Trinajstić information content (AvgIpc) is 3.83. The molecule has 1 aliphatic carbocycles. The topological polar surface area (TPSA) is 21.3 Å². The first-order valence-electron chi connectivity index (χ1n) is 23.6. The maximum atomic E-state index is 7.67. The Labute approximate surface area is 382 Å². The molecule has 0 atom stereocenters. The summed E-state index contributed by atoms with van der Waals surface area (Å²) in [5, 5.41) is 6.23. The van der Waals surface area contributed by atoms with Gasteiger partial charge in [0.1, 0.15) is 11.2 Å². The number of fused-ring (bicyclic) bond motifs is 11. The third-order valence-corrected chi connectivity index (χ3v) is 15.7. The number of aryl methyl sites for hydroxylation is 1. The molecule has 10 aromatic rings. The van der Waals surface area contributed by atoms with Crippen LogP contribution in [0.25, 0.3) is 76.9 Å². The normalized spacial score (nSPS) is 15.8. The zero-order valence-corrected chi connectivity index (χ0v) is 38.7. The summed E-state index contributed by atoms with van der Waals surface area (Å²) in [6.07, 6.45) is 2.28. The monoisotopic (exact) mass is 840 g/mol. The van der Waals surface area contributed by atoms with E-state index in [4.69, 9.17) is 4.42 Å². The van der Waals surface area contributed by atoms with Crippen LogP contribution in [0.3, 0.4) is 0 Å². The summed E-state index contributed by atoms with van der Waals surface area (Å²) in [5.74, 6) is 0. The molecule has 316 valence electrons. The molecule has 0 unspecified atom stereocenters. The predicted molar refractivity (Wildman–Crippen MR) is 277 cm³/mol. The Balaban J connectivity index is 1.23. The molecule has 4 heteroatoms. The van der Waals surface area contributed by atoms with E-state index < -0.39 is 0 Å². The second-order valence-electron chi connectivity index (χ2n) is 21.6. The first-order chi connectivity index (χ1) is 31.3. The van der Waals surface area contributed by atoms with Gasteiger partial charge in [0.2, 0.25) is 0 Å². The lowest BCUT2D eigenvalue weighted by Gasteiger charge is -2.42.